The van der Waals surface area contributed by atoms with Gasteiger partial charge in [-0.05, 0) is 18.8 Å². The Kier molecular flexibility index (Phi) is 8.33. The molecule has 1 amide bonds. The monoisotopic (exact) mass is 216 g/mol. The normalized spacial score (nSPS) is 12.9. The van der Waals surface area contributed by atoms with Gasteiger partial charge in [0, 0.05) is 26.8 Å². The summed E-state index contributed by atoms with van der Waals surface area (Å²) in [5.74, 6) is 0.311. The molecule has 4 nitrogen and oxygen atoms in total. The van der Waals surface area contributed by atoms with Gasteiger partial charge in [0.05, 0.1) is 5.92 Å². The second-order valence-corrected chi connectivity index (χ2v) is 4.08. The zero-order chi connectivity index (χ0) is 11.7. The van der Waals surface area contributed by atoms with E-state index in [1.165, 1.54) is 0 Å². The van der Waals surface area contributed by atoms with Gasteiger partial charge in [0.2, 0.25) is 5.91 Å². The molecule has 0 rings (SSSR count). The van der Waals surface area contributed by atoms with E-state index in [1.54, 1.807) is 7.11 Å². The van der Waals surface area contributed by atoms with Gasteiger partial charge in [-0.15, -0.1) is 0 Å². The summed E-state index contributed by atoms with van der Waals surface area (Å²) in [6, 6.07) is 0. The Morgan fingerprint density at radius 3 is 2.53 bits per heavy atom. The summed E-state index contributed by atoms with van der Waals surface area (Å²) < 4.78 is 4.92. The van der Waals surface area contributed by atoms with Gasteiger partial charge >= 0.3 is 0 Å². The summed E-state index contributed by atoms with van der Waals surface area (Å²) in [5.41, 5.74) is 5.55. The van der Waals surface area contributed by atoms with Crippen LogP contribution in [-0.4, -0.2) is 32.7 Å². The van der Waals surface area contributed by atoms with Crippen molar-refractivity contribution in [1.29, 1.82) is 0 Å². The Labute approximate surface area is 92.6 Å². The zero-order valence-electron chi connectivity index (χ0n) is 10.1. The van der Waals surface area contributed by atoms with E-state index in [1.807, 2.05) is 13.8 Å². The predicted molar refractivity (Wildman–Crippen MR) is 61.5 cm³/mol. The lowest BCUT2D eigenvalue weighted by Gasteiger charge is -2.18. The van der Waals surface area contributed by atoms with Gasteiger partial charge in [-0.1, -0.05) is 13.8 Å². The molecular weight excluding hydrogens is 192 g/mol. The smallest absolute Gasteiger partial charge is 0.224 e. The standard InChI is InChI=1S/C11H24N2O2/c1-9(2)10(8-12)11(14)13-6-4-5-7-15-3/h9-10H,4-8,12H2,1-3H3,(H,13,14). The number of amides is 1. The van der Waals surface area contributed by atoms with Crippen LogP contribution in [0.2, 0.25) is 0 Å². The van der Waals surface area contributed by atoms with Crippen molar-refractivity contribution in [2.75, 3.05) is 26.8 Å². The van der Waals surface area contributed by atoms with Crippen LogP contribution in [0.25, 0.3) is 0 Å². The van der Waals surface area contributed by atoms with Crippen LogP contribution in [0.15, 0.2) is 0 Å². The minimum absolute atomic E-state index is 0.0626. The third-order valence-electron chi connectivity index (χ3n) is 2.47. The fourth-order valence-electron chi connectivity index (χ4n) is 1.40. The molecule has 0 spiro atoms. The number of ether oxygens (including phenoxy) is 1. The Morgan fingerprint density at radius 2 is 2.07 bits per heavy atom. The molecule has 0 aliphatic heterocycles. The molecule has 0 saturated heterocycles. The van der Waals surface area contributed by atoms with Crippen LogP contribution in [0.4, 0.5) is 0 Å². The van der Waals surface area contributed by atoms with E-state index in [0.29, 0.717) is 19.0 Å². The molecule has 0 saturated carbocycles. The van der Waals surface area contributed by atoms with Crippen LogP contribution < -0.4 is 11.1 Å². The summed E-state index contributed by atoms with van der Waals surface area (Å²) in [6.45, 7) is 5.91. The molecule has 0 radical (unpaired) electrons. The zero-order valence-corrected chi connectivity index (χ0v) is 10.1. The molecule has 4 heteroatoms. The number of nitrogens with one attached hydrogen (secondary N) is 1. The van der Waals surface area contributed by atoms with Gasteiger partial charge in [-0.25, -0.2) is 0 Å². The first-order valence-electron chi connectivity index (χ1n) is 5.60. The number of rotatable bonds is 8. The highest BCUT2D eigenvalue weighted by Gasteiger charge is 2.19. The second-order valence-electron chi connectivity index (χ2n) is 4.08. The van der Waals surface area contributed by atoms with Crippen LogP contribution >= 0.6 is 0 Å². The molecular formula is C11H24N2O2. The highest BCUT2D eigenvalue weighted by Crippen LogP contribution is 2.08. The molecule has 1 unspecified atom stereocenters. The van der Waals surface area contributed by atoms with E-state index in [9.17, 15) is 4.79 Å². The van der Waals surface area contributed by atoms with Crippen LogP contribution in [-0.2, 0) is 9.53 Å². The summed E-state index contributed by atoms with van der Waals surface area (Å²) in [6.07, 6.45) is 1.93. The Hall–Kier alpha value is -0.610. The molecule has 0 aromatic heterocycles. The summed E-state index contributed by atoms with van der Waals surface area (Å²) in [7, 11) is 1.68. The molecule has 0 fully saturated rings. The lowest BCUT2D eigenvalue weighted by atomic mass is 9.95. The molecule has 0 heterocycles. The maximum absolute atomic E-state index is 11.6. The molecule has 0 aromatic carbocycles. The van der Waals surface area contributed by atoms with Gasteiger partial charge in [0.15, 0.2) is 0 Å². The fraction of sp³-hybridized carbons (Fsp3) is 0.909. The Balaban J connectivity index is 3.63. The Bertz CT molecular complexity index is 172. The molecule has 0 bridgehead atoms. The van der Waals surface area contributed by atoms with Crippen LogP contribution in [0.5, 0.6) is 0 Å². The van der Waals surface area contributed by atoms with Crippen molar-refractivity contribution in [3.05, 3.63) is 0 Å². The van der Waals surface area contributed by atoms with Crippen LogP contribution in [0.3, 0.4) is 0 Å². The van der Waals surface area contributed by atoms with Crippen molar-refractivity contribution >= 4 is 5.91 Å². The highest BCUT2D eigenvalue weighted by molar-refractivity contribution is 5.79. The number of unbranched alkanes of at least 4 members (excludes halogenated alkanes) is 1. The molecule has 15 heavy (non-hydrogen) atoms. The van der Waals surface area contributed by atoms with Crippen molar-refractivity contribution in [3.63, 3.8) is 0 Å². The maximum Gasteiger partial charge on any atom is 0.224 e. The van der Waals surface area contributed by atoms with Crippen molar-refractivity contribution in [1.82, 2.24) is 5.32 Å². The minimum Gasteiger partial charge on any atom is -0.385 e. The summed E-state index contributed by atoms with van der Waals surface area (Å²) >= 11 is 0. The van der Waals surface area contributed by atoms with E-state index in [-0.39, 0.29) is 11.8 Å². The third kappa shape index (κ3) is 6.47. The summed E-state index contributed by atoms with van der Waals surface area (Å²) in [5, 5.41) is 2.90. The number of carbonyl (C=O) groups excluding carboxylic acids is 1. The third-order valence-corrected chi connectivity index (χ3v) is 2.47. The van der Waals surface area contributed by atoms with Gasteiger partial charge in [0.25, 0.3) is 0 Å². The van der Waals surface area contributed by atoms with E-state index in [0.717, 1.165) is 19.4 Å². The predicted octanol–water partition coefficient (Wildman–Crippen LogP) is 0.760. The van der Waals surface area contributed by atoms with Crippen molar-refractivity contribution < 1.29 is 9.53 Å². The number of hydrogen-bond acceptors (Lipinski definition) is 3. The van der Waals surface area contributed by atoms with E-state index >= 15 is 0 Å². The molecule has 90 valence electrons. The first-order chi connectivity index (χ1) is 7.13. The second kappa shape index (κ2) is 8.68. The number of nitrogens with two attached hydrogens (primary N) is 1. The maximum atomic E-state index is 11.6. The molecule has 0 aliphatic rings. The van der Waals surface area contributed by atoms with Crippen LogP contribution in [0, 0.1) is 11.8 Å². The lowest BCUT2D eigenvalue weighted by Crippen LogP contribution is -2.38. The first kappa shape index (κ1) is 14.4. The van der Waals surface area contributed by atoms with Crippen LogP contribution in [0.1, 0.15) is 26.7 Å². The SMILES string of the molecule is COCCCCNC(=O)C(CN)C(C)C. The topological polar surface area (TPSA) is 64.3 Å². The minimum atomic E-state index is -0.0626. The average Bonchev–Trinajstić information content (AvgIpc) is 2.18. The lowest BCUT2D eigenvalue weighted by molar-refractivity contribution is -0.125. The largest absolute Gasteiger partial charge is 0.385 e. The number of hydrogen-bond donors (Lipinski definition) is 2. The van der Waals surface area contributed by atoms with E-state index < -0.39 is 0 Å². The molecule has 0 aromatic rings. The van der Waals surface area contributed by atoms with Gasteiger partial charge in [-0.3, -0.25) is 4.79 Å². The van der Waals surface area contributed by atoms with Gasteiger partial charge in [0.1, 0.15) is 0 Å². The quantitative estimate of drug-likeness (QED) is 0.589. The number of carbonyl (C=O) groups is 1. The van der Waals surface area contributed by atoms with Gasteiger partial charge in [-0.2, -0.15) is 0 Å². The first-order valence-corrected chi connectivity index (χ1v) is 5.60. The highest BCUT2D eigenvalue weighted by atomic mass is 16.5. The van der Waals surface area contributed by atoms with Crippen molar-refractivity contribution in [2.24, 2.45) is 17.6 Å². The number of methoxy groups -OCH3 is 1. The average molecular weight is 216 g/mol. The summed E-state index contributed by atoms with van der Waals surface area (Å²) in [4.78, 5) is 11.6. The molecule has 1 atom stereocenters. The fourth-order valence-corrected chi connectivity index (χ4v) is 1.40. The van der Waals surface area contributed by atoms with Crippen molar-refractivity contribution in [3.8, 4) is 0 Å². The molecule has 3 N–H and O–H groups in total. The van der Waals surface area contributed by atoms with Crippen molar-refractivity contribution in [2.45, 2.75) is 26.7 Å². The van der Waals surface area contributed by atoms with Gasteiger partial charge < -0.3 is 15.8 Å². The Morgan fingerprint density at radius 1 is 1.40 bits per heavy atom. The van der Waals surface area contributed by atoms with E-state index in [2.05, 4.69) is 5.32 Å². The molecule has 0 aliphatic carbocycles. The van der Waals surface area contributed by atoms with E-state index in [4.69, 9.17) is 10.5 Å².